The van der Waals surface area contributed by atoms with E-state index in [1.807, 2.05) is 7.11 Å². The van der Waals surface area contributed by atoms with Crippen molar-refractivity contribution in [3.63, 3.8) is 0 Å². The minimum absolute atomic E-state index is 0.0873. The molecule has 0 N–H and O–H groups in total. The van der Waals surface area contributed by atoms with Gasteiger partial charge in [0.2, 0.25) is 0 Å². The lowest BCUT2D eigenvalue weighted by Gasteiger charge is -2.61. The Bertz CT molecular complexity index is 689. The van der Waals surface area contributed by atoms with Crippen LogP contribution in [-0.4, -0.2) is 25.3 Å². The summed E-state index contributed by atoms with van der Waals surface area (Å²) in [5.41, 5.74) is 1.63. The van der Waals surface area contributed by atoms with Gasteiger partial charge in [0.25, 0.3) is 0 Å². The van der Waals surface area contributed by atoms with Crippen LogP contribution in [0.4, 0.5) is 0 Å². The minimum Gasteiger partial charge on any atom is -0.462 e. The maximum Gasteiger partial charge on any atom is 0.302 e. The average Bonchev–Trinajstić information content (AvgIpc) is 3.45. The highest BCUT2D eigenvalue weighted by Crippen LogP contribution is 2.87. The van der Waals surface area contributed by atoms with Gasteiger partial charge in [0.15, 0.2) is 0 Å². The summed E-state index contributed by atoms with van der Waals surface area (Å²) in [4.78, 5) is 11.7. The second kappa shape index (κ2) is 4.53. The quantitative estimate of drug-likeness (QED) is 0.678. The normalized spacial score (nSPS) is 63.8. The Balaban J connectivity index is 1.41. The largest absolute Gasteiger partial charge is 0.462 e. The summed E-state index contributed by atoms with van der Waals surface area (Å²) in [6.45, 7) is 6.69. The molecule has 0 aromatic heterocycles. The first-order chi connectivity index (χ1) is 12.3. The third kappa shape index (κ3) is 1.47. The summed E-state index contributed by atoms with van der Waals surface area (Å²) in [6, 6.07) is 0. The third-order valence-electron chi connectivity index (χ3n) is 11.2. The van der Waals surface area contributed by atoms with E-state index in [1.165, 1.54) is 44.9 Å². The topological polar surface area (TPSA) is 35.5 Å². The Labute approximate surface area is 157 Å². The van der Waals surface area contributed by atoms with Gasteiger partial charge in [-0.25, -0.2) is 0 Å². The molecule has 0 aliphatic heterocycles. The number of rotatable bonds is 2. The number of hydrogen-bond donors (Lipinski definition) is 0. The van der Waals surface area contributed by atoms with Crippen molar-refractivity contribution in [2.75, 3.05) is 7.11 Å². The van der Waals surface area contributed by atoms with Gasteiger partial charge in [-0.05, 0) is 85.9 Å². The first-order valence-electron chi connectivity index (χ1n) is 11.0. The number of methoxy groups -OCH3 is 1. The van der Waals surface area contributed by atoms with E-state index in [-0.39, 0.29) is 17.5 Å². The Morgan fingerprint density at radius 2 is 1.62 bits per heavy atom. The van der Waals surface area contributed by atoms with Crippen LogP contribution >= 0.6 is 0 Å². The number of carbonyl (C=O) groups is 1. The van der Waals surface area contributed by atoms with Crippen molar-refractivity contribution in [1.29, 1.82) is 0 Å². The van der Waals surface area contributed by atoms with Crippen molar-refractivity contribution in [3.8, 4) is 0 Å². The first-order valence-corrected chi connectivity index (χ1v) is 11.0. The van der Waals surface area contributed by atoms with Crippen LogP contribution in [0, 0.1) is 45.3 Å². The molecule has 0 heterocycles. The van der Waals surface area contributed by atoms with E-state index in [0.717, 1.165) is 30.1 Å². The van der Waals surface area contributed by atoms with Gasteiger partial charge < -0.3 is 9.47 Å². The molecule has 0 aromatic rings. The molecule has 6 aliphatic carbocycles. The molecule has 6 fully saturated rings. The van der Waals surface area contributed by atoms with E-state index >= 15 is 0 Å². The molecule has 3 nitrogen and oxygen atoms in total. The molecule has 144 valence electrons. The van der Waals surface area contributed by atoms with Crippen LogP contribution in [-0.2, 0) is 14.3 Å². The monoisotopic (exact) mass is 358 g/mol. The SMILES string of the molecule is CO[C@@H]1C[C@@H]2[C@H](CC[C@]3(C)[C@@H](OC(C)=O)C[C@@H]4C[C@]423)[C@@]2(C)CCC3CC312. The summed E-state index contributed by atoms with van der Waals surface area (Å²) >= 11 is 0. The van der Waals surface area contributed by atoms with Gasteiger partial charge >= 0.3 is 5.97 Å². The fraction of sp³-hybridized carbons (Fsp3) is 0.957. The van der Waals surface area contributed by atoms with E-state index in [9.17, 15) is 4.79 Å². The summed E-state index contributed by atoms with van der Waals surface area (Å²) in [5, 5.41) is 0. The van der Waals surface area contributed by atoms with Gasteiger partial charge in [0, 0.05) is 24.9 Å². The third-order valence-corrected chi connectivity index (χ3v) is 11.2. The molecule has 2 spiro atoms. The summed E-state index contributed by atoms with van der Waals surface area (Å²) < 4.78 is 12.1. The average molecular weight is 359 g/mol. The number of ether oxygens (including phenoxy) is 2. The predicted octanol–water partition coefficient (Wildman–Crippen LogP) is 4.59. The maximum absolute atomic E-state index is 11.7. The lowest BCUT2D eigenvalue weighted by molar-refractivity contribution is -0.187. The maximum atomic E-state index is 11.7. The Hall–Kier alpha value is -0.570. The highest BCUT2D eigenvalue weighted by molar-refractivity contribution is 5.66. The first kappa shape index (κ1) is 16.4. The summed E-state index contributed by atoms with van der Waals surface area (Å²) in [7, 11) is 1.97. The molecule has 26 heavy (non-hydrogen) atoms. The second-order valence-electron chi connectivity index (χ2n) is 11.3. The van der Waals surface area contributed by atoms with Crippen LogP contribution in [0.25, 0.3) is 0 Å². The molecule has 6 aliphatic rings. The Kier molecular flexibility index (Phi) is 2.85. The van der Waals surface area contributed by atoms with Crippen molar-refractivity contribution < 1.29 is 14.3 Å². The molecule has 6 rings (SSSR count). The van der Waals surface area contributed by atoms with Crippen LogP contribution in [0.3, 0.4) is 0 Å². The van der Waals surface area contributed by atoms with Crippen LogP contribution in [0.2, 0.25) is 0 Å². The lowest BCUT2D eigenvalue weighted by Crippen LogP contribution is -2.59. The predicted molar refractivity (Wildman–Crippen MR) is 98.3 cm³/mol. The Morgan fingerprint density at radius 3 is 2.31 bits per heavy atom. The van der Waals surface area contributed by atoms with Crippen molar-refractivity contribution in [1.82, 2.24) is 0 Å². The summed E-state index contributed by atoms with van der Waals surface area (Å²) in [6.07, 6.45) is 11.3. The molecular formula is C23H34O3. The fourth-order valence-electron chi connectivity index (χ4n) is 10.1. The van der Waals surface area contributed by atoms with Gasteiger partial charge in [0.05, 0.1) is 6.10 Å². The molecule has 0 bridgehead atoms. The zero-order chi connectivity index (χ0) is 18.1. The van der Waals surface area contributed by atoms with Gasteiger partial charge in [0.1, 0.15) is 6.10 Å². The van der Waals surface area contributed by atoms with Gasteiger partial charge in [-0.2, -0.15) is 0 Å². The second-order valence-corrected chi connectivity index (χ2v) is 11.3. The fourth-order valence-corrected chi connectivity index (χ4v) is 10.1. The minimum atomic E-state index is -0.0873. The van der Waals surface area contributed by atoms with E-state index in [4.69, 9.17) is 9.47 Å². The van der Waals surface area contributed by atoms with E-state index < -0.39 is 0 Å². The zero-order valence-electron chi connectivity index (χ0n) is 16.8. The molecule has 0 aromatic carbocycles. The van der Waals surface area contributed by atoms with Crippen LogP contribution in [0.5, 0.6) is 0 Å². The summed E-state index contributed by atoms with van der Waals surface area (Å²) in [5.74, 6) is 3.30. The van der Waals surface area contributed by atoms with Gasteiger partial charge in [-0.1, -0.05) is 13.8 Å². The molecule has 0 radical (unpaired) electrons. The number of carbonyl (C=O) groups excluding carboxylic acids is 1. The highest BCUT2D eigenvalue weighted by Gasteiger charge is 2.84. The number of hydrogen-bond acceptors (Lipinski definition) is 3. The molecular weight excluding hydrogens is 324 g/mol. The molecule has 0 saturated heterocycles. The number of fused-ring (bicyclic) bond motifs is 2. The molecule has 10 atom stereocenters. The highest BCUT2D eigenvalue weighted by atomic mass is 16.5. The van der Waals surface area contributed by atoms with E-state index in [2.05, 4.69) is 13.8 Å². The van der Waals surface area contributed by atoms with Gasteiger partial charge in [-0.3, -0.25) is 4.79 Å². The van der Waals surface area contributed by atoms with Crippen molar-refractivity contribution in [3.05, 3.63) is 0 Å². The van der Waals surface area contributed by atoms with E-state index in [1.54, 1.807) is 6.92 Å². The molecule has 6 saturated carbocycles. The van der Waals surface area contributed by atoms with E-state index in [0.29, 0.717) is 22.3 Å². The smallest absolute Gasteiger partial charge is 0.302 e. The zero-order valence-corrected chi connectivity index (χ0v) is 16.8. The van der Waals surface area contributed by atoms with Gasteiger partial charge in [-0.15, -0.1) is 0 Å². The van der Waals surface area contributed by atoms with Crippen molar-refractivity contribution >= 4 is 5.97 Å². The number of esters is 1. The molecule has 3 heteroatoms. The molecule has 2 unspecified atom stereocenters. The van der Waals surface area contributed by atoms with Crippen LogP contribution < -0.4 is 0 Å². The van der Waals surface area contributed by atoms with Crippen LogP contribution in [0.1, 0.15) is 72.1 Å². The standard InChI is InChI=1S/C23H34O3/c1-13(24)26-18-9-15-12-22(15)17-10-19(25-4)23-11-14(23)5-7-20(23,2)16(17)6-8-21(18,22)3/h14-19H,5-12H2,1-4H3/t14?,15-,16+,17-,18+,19-,20-,21-,22+,23?/m1/s1. The Morgan fingerprint density at radius 1 is 0.885 bits per heavy atom. The van der Waals surface area contributed by atoms with Crippen LogP contribution in [0.15, 0.2) is 0 Å². The lowest BCUT2D eigenvalue weighted by atomic mass is 9.44. The van der Waals surface area contributed by atoms with Crippen molar-refractivity contribution in [2.24, 2.45) is 45.3 Å². The van der Waals surface area contributed by atoms with Crippen molar-refractivity contribution in [2.45, 2.75) is 84.3 Å². The molecule has 0 amide bonds.